The smallest absolute Gasteiger partial charge is 0.138 e. The van der Waals surface area contributed by atoms with E-state index in [1.165, 1.54) is 0 Å². The second kappa shape index (κ2) is 9.42. The van der Waals surface area contributed by atoms with Crippen molar-refractivity contribution in [1.82, 2.24) is 5.32 Å². The van der Waals surface area contributed by atoms with Gasteiger partial charge in [-0.3, -0.25) is 0 Å². The Kier molecular flexibility index (Phi) is 8.26. The number of benzene rings is 1. The van der Waals surface area contributed by atoms with Gasteiger partial charge in [-0.15, -0.1) is 0 Å². The van der Waals surface area contributed by atoms with Crippen molar-refractivity contribution >= 4 is 23.2 Å². The zero-order valence-corrected chi connectivity index (χ0v) is 13.0. The molecule has 1 aromatic carbocycles. The van der Waals surface area contributed by atoms with E-state index in [9.17, 15) is 5.11 Å². The van der Waals surface area contributed by atoms with Crippen molar-refractivity contribution in [3.63, 3.8) is 0 Å². The Labute approximate surface area is 129 Å². The Balaban J connectivity index is 2.27. The number of aliphatic hydroxyl groups is 2. The Morgan fingerprint density at radius 1 is 1.35 bits per heavy atom. The SMILES string of the molecule is CC(CCCO)NCC(O)COc1ccc(Cl)cc1Cl. The summed E-state index contributed by atoms with van der Waals surface area (Å²) in [7, 11) is 0. The highest BCUT2D eigenvalue weighted by Crippen LogP contribution is 2.27. The molecule has 20 heavy (non-hydrogen) atoms. The maximum atomic E-state index is 9.82. The van der Waals surface area contributed by atoms with E-state index in [4.69, 9.17) is 33.0 Å². The monoisotopic (exact) mass is 321 g/mol. The summed E-state index contributed by atoms with van der Waals surface area (Å²) in [5, 5.41) is 22.7. The number of nitrogens with one attached hydrogen (secondary N) is 1. The minimum Gasteiger partial charge on any atom is -0.489 e. The average Bonchev–Trinajstić information content (AvgIpc) is 2.41. The second-order valence-corrected chi connectivity index (χ2v) is 5.56. The Hall–Kier alpha value is -0.520. The second-order valence-electron chi connectivity index (χ2n) is 4.71. The summed E-state index contributed by atoms with van der Waals surface area (Å²) in [5.41, 5.74) is 0. The Morgan fingerprint density at radius 3 is 2.75 bits per heavy atom. The van der Waals surface area contributed by atoms with Crippen LogP contribution in [0.3, 0.4) is 0 Å². The molecule has 0 aliphatic carbocycles. The number of aliphatic hydroxyl groups excluding tert-OH is 2. The Bertz CT molecular complexity index is 404. The fourth-order valence-electron chi connectivity index (χ4n) is 1.67. The van der Waals surface area contributed by atoms with Gasteiger partial charge in [0.2, 0.25) is 0 Å². The molecular formula is C14H21Cl2NO3. The van der Waals surface area contributed by atoms with E-state index >= 15 is 0 Å². The van der Waals surface area contributed by atoms with Crippen LogP contribution in [-0.4, -0.2) is 42.1 Å². The summed E-state index contributed by atoms with van der Waals surface area (Å²) in [5.74, 6) is 0.503. The molecule has 6 heteroatoms. The zero-order chi connectivity index (χ0) is 15.0. The van der Waals surface area contributed by atoms with Gasteiger partial charge < -0.3 is 20.3 Å². The van der Waals surface area contributed by atoms with E-state index in [0.717, 1.165) is 12.8 Å². The standard InChI is InChI=1S/C14H21Cl2NO3/c1-10(3-2-6-18)17-8-12(19)9-20-14-5-4-11(15)7-13(14)16/h4-5,7,10,12,17-19H,2-3,6,8-9H2,1H3. The van der Waals surface area contributed by atoms with Gasteiger partial charge in [0.25, 0.3) is 0 Å². The third kappa shape index (κ3) is 6.77. The molecule has 0 heterocycles. The third-order valence-electron chi connectivity index (χ3n) is 2.82. The van der Waals surface area contributed by atoms with Gasteiger partial charge in [-0.1, -0.05) is 23.2 Å². The van der Waals surface area contributed by atoms with Gasteiger partial charge in [-0.25, -0.2) is 0 Å². The van der Waals surface area contributed by atoms with Crippen LogP contribution in [0.2, 0.25) is 10.0 Å². The van der Waals surface area contributed by atoms with Gasteiger partial charge in [0.1, 0.15) is 18.5 Å². The van der Waals surface area contributed by atoms with Crippen LogP contribution in [0.4, 0.5) is 0 Å². The van der Waals surface area contributed by atoms with E-state index in [1.807, 2.05) is 6.92 Å². The summed E-state index contributed by atoms with van der Waals surface area (Å²) < 4.78 is 5.45. The maximum absolute atomic E-state index is 9.82. The molecule has 1 rings (SSSR count). The maximum Gasteiger partial charge on any atom is 0.138 e. The molecular weight excluding hydrogens is 301 g/mol. The summed E-state index contributed by atoms with van der Waals surface area (Å²) in [6, 6.07) is 5.20. The van der Waals surface area contributed by atoms with E-state index in [1.54, 1.807) is 18.2 Å². The highest BCUT2D eigenvalue weighted by molar-refractivity contribution is 6.35. The topological polar surface area (TPSA) is 61.7 Å². The van der Waals surface area contributed by atoms with Gasteiger partial charge in [0.05, 0.1) is 5.02 Å². The van der Waals surface area contributed by atoms with Crippen LogP contribution >= 0.6 is 23.2 Å². The highest BCUT2D eigenvalue weighted by atomic mass is 35.5. The van der Waals surface area contributed by atoms with Gasteiger partial charge in [-0.05, 0) is 38.0 Å². The van der Waals surface area contributed by atoms with Gasteiger partial charge in [0.15, 0.2) is 0 Å². The van der Waals surface area contributed by atoms with Crippen LogP contribution in [0, 0.1) is 0 Å². The molecule has 0 aliphatic rings. The van der Waals surface area contributed by atoms with E-state index in [-0.39, 0.29) is 19.3 Å². The largest absolute Gasteiger partial charge is 0.489 e. The first-order valence-electron chi connectivity index (χ1n) is 6.63. The molecule has 2 atom stereocenters. The number of rotatable bonds is 9. The summed E-state index contributed by atoms with van der Waals surface area (Å²) in [6.45, 7) is 2.78. The zero-order valence-electron chi connectivity index (χ0n) is 11.5. The van der Waals surface area contributed by atoms with E-state index < -0.39 is 6.10 Å². The molecule has 0 aliphatic heterocycles. The number of ether oxygens (including phenoxy) is 1. The molecule has 0 saturated carbocycles. The molecule has 0 bridgehead atoms. The molecule has 0 aromatic heterocycles. The lowest BCUT2D eigenvalue weighted by Gasteiger charge is -2.17. The first kappa shape index (κ1) is 17.5. The van der Waals surface area contributed by atoms with Crippen LogP contribution in [0.15, 0.2) is 18.2 Å². The fourth-order valence-corrected chi connectivity index (χ4v) is 2.14. The van der Waals surface area contributed by atoms with Crippen molar-refractivity contribution in [2.24, 2.45) is 0 Å². The number of hydrogen-bond acceptors (Lipinski definition) is 4. The lowest BCUT2D eigenvalue weighted by molar-refractivity contribution is 0.103. The molecule has 0 fully saturated rings. The minimum atomic E-state index is -0.627. The lowest BCUT2D eigenvalue weighted by Crippen LogP contribution is -2.36. The molecule has 2 unspecified atom stereocenters. The normalized spacial score (nSPS) is 14.1. The van der Waals surface area contributed by atoms with Crippen molar-refractivity contribution in [3.8, 4) is 5.75 Å². The third-order valence-corrected chi connectivity index (χ3v) is 3.35. The molecule has 1 aromatic rings. The molecule has 0 spiro atoms. The molecule has 0 amide bonds. The minimum absolute atomic E-state index is 0.154. The van der Waals surface area contributed by atoms with Crippen LogP contribution in [0.25, 0.3) is 0 Å². The molecule has 114 valence electrons. The summed E-state index contributed by atoms with van der Waals surface area (Å²) in [6.07, 6.45) is 0.993. The molecule has 3 N–H and O–H groups in total. The molecule has 0 saturated heterocycles. The first-order valence-corrected chi connectivity index (χ1v) is 7.38. The van der Waals surface area contributed by atoms with E-state index in [0.29, 0.717) is 22.3 Å². The number of halogens is 2. The van der Waals surface area contributed by atoms with Crippen molar-refractivity contribution < 1.29 is 14.9 Å². The van der Waals surface area contributed by atoms with Crippen molar-refractivity contribution in [1.29, 1.82) is 0 Å². The van der Waals surface area contributed by atoms with Crippen molar-refractivity contribution in [2.75, 3.05) is 19.8 Å². The lowest BCUT2D eigenvalue weighted by atomic mass is 10.2. The van der Waals surface area contributed by atoms with Gasteiger partial charge in [-0.2, -0.15) is 0 Å². The number of hydrogen-bond donors (Lipinski definition) is 3. The van der Waals surface area contributed by atoms with Crippen LogP contribution in [0.1, 0.15) is 19.8 Å². The van der Waals surface area contributed by atoms with Crippen LogP contribution in [0.5, 0.6) is 5.75 Å². The predicted molar refractivity (Wildman–Crippen MR) is 81.7 cm³/mol. The fraction of sp³-hybridized carbons (Fsp3) is 0.571. The van der Waals surface area contributed by atoms with Crippen molar-refractivity contribution in [3.05, 3.63) is 28.2 Å². The van der Waals surface area contributed by atoms with Crippen molar-refractivity contribution in [2.45, 2.75) is 31.9 Å². The average molecular weight is 322 g/mol. The highest BCUT2D eigenvalue weighted by Gasteiger charge is 2.09. The van der Waals surface area contributed by atoms with E-state index in [2.05, 4.69) is 5.32 Å². The van der Waals surface area contributed by atoms with Crippen LogP contribution in [-0.2, 0) is 0 Å². The summed E-state index contributed by atoms with van der Waals surface area (Å²) in [4.78, 5) is 0. The Morgan fingerprint density at radius 2 is 2.10 bits per heavy atom. The van der Waals surface area contributed by atoms with Gasteiger partial charge >= 0.3 is 0 Å². The summed E-state index contributed by atoms with van der Waals surface area (Å²) >= 11 is 11.8. The molecule has 4 nitrogen and oxygen atoms in total. The first-order chi connectivity index (χ1) is 9.52. The van der Waals surface area contributed by atoms with Gasteiger partial charge in [0, 0.05) is 24.2 Å². The predicted octanol–water partition coefficient (Wildman–Crippen LogP) is 2.48. The quantitative estimate of drug-likeness (QED) is 0.654. The molecule has 0 radical (unpaired) electrons. The van der Waals surface area contributed by atoms with Crippen LogP contribution < -0.4 is 10.1 Å².